The van der Waals surface area contributed by atoms with E-state index < -0.39 is 0 Å². The van der Waals surface area contributed by atoms with E-state index in [0.29, 0.717) is 17.1 Å². The fourth-order valence-corrected chi connectivity index (χ4v) is 3.16. The Morgan fingerprint density at radius 3 is 2.65 bits per heavy atom. The third-order valence-corrected chi connectivity index (χ3v) is 4.69. The number of hydrogen-bond donors (Lipinski definition) is 1. The van der Waals surface area contributed by atoms with Crippen LogP contribution in [0.15, 0.2) is 48.5 Å². The Balaban J connectivity index is 1.59. The monoisotopic (exact) mass is 369 g/mol. The zero-order valence-corrected chi connectivity index (χ0v) is 15.8. The number of aromatic nitrogens is 2. The SMILES string of the molecule is CCCCn1c(CCCNC(=O)c2ccc(Cl)cc2)nc2ccccc21. The maximum Gasteiger partial charge on any atom is 0.251 e. The third-order valence-electron chi connectivity index (χ3n) is 4.44. The lowest BCUT2D eigenvalue weighted by atomic mass is 10.2. The number of imidazole rings is 1. The number of aryl methyl sites for hydroxylation is 2. The molecule has 0 atom stereocenters. The van der Waals surface area contributed by atoms with Crippen molar-refractivity contribution in [1.82, 2.24) is 14.9 Å². The summed E-state index contributed by atoms with van der Waals surface area (Å²) in [4.78, 5) is 16.9. The molecule has 1 N–H and O–H groups in total. The molecule has 26 heavy (non-hydrogen) atoms. The first-order valence-corrected chi connectivity index (χ1v) is 9.54. The van der Waals surface area contributed by atoms with Crippen LogP contribution in [0, 0.1) is 0 Å². The van der Waals surface area contributed by atoms with Gasteiger partial charge in [-0.3, -0.25) is 4.79 Å². The van der Waals surface area contributed by atoms with Gasteiger partial charge in [0.25, 0.3) is 5.91 Å². The second kappa shape index (κ2) is 8.86. The van der Waals surface area contributed by atoms with Crippen molar-refractivity contribution in [3.05, 3.63) is 64.9 Å². The summed E-state index contributed by atoms with van der Waals surface area (Å²) in [6.45, 7) is 3.81. The number of hydrogen-bond acceptors (Lipinski definition) is 2. The molecule has 0 radical (unpaired) electrons. The summed E-state index contributed by atoms with van der Waals surface area (Å²) in [6, 6.07) is 15.2. The van der Waals surface area contributed by atoms with E-state index in [1.165, 1.54) is 5.52 Å². The highest BCUT2D eigenvalue weighted by Crippen LogP contribution is 2.18. The van der Waals surface area contributed by atoms with E-state index in [-0.39, 0.29) is 5.91 Å². The molecule has 0 unspecified atom stereocenters. The molecule has 0 aliphatic carbocycles. The summed E-state index contributed by atoms with van der Waals surface area (Å²) >= 11 is 5.85. The molecule has 4 nitrogen and oxygen atoms in total. The van der Waals surface area contributed by atoms with Crippen molar-refractivity contribution >= 4 is 28.5 Å². The van der Waals surface area contributed by atoms with Gasteiger partial charge in [-0.1, -0.05) is 37.1 Å². The summed E-state index contributed by atoms with van der Waals surface area (Å²) in [5.41, 5.74) is 2.87. The van der Waals surface area contributed by atoms with Crippen LogP contribution in [-0.4, -0.2) is 22.0 Å². The number of nitrogens with zero attached hydrogens (tertiary/aromatic N) is 2. The lowest BCUT2D eigenvalue weighted by Crippen LogP contribution is -2.25. The van der Waals surface area contributed by atoms with Gasteiger partial charge in [-0.2, -0.15) is 0 Å². The van der Waals surface area contributed by atoms with Crippen molar-refractivity contribution in [3.8, 4) is 0 Å². The quantitative estimate of drug-likeness (QED) is 0.577. The van der Waals surface area contributed by atoms with Gasteiger partial charge in [0.1, 0.15) is 5.82 Å². The molecule has 0 aliphatic rings. The molecular formula is C21H24ClN3O. The number of benzene rings is 2. The Labute approximate surface area is 159 Å². The van der Waals surface area contributed by atoms with Gasteiger partial charge in [-0.15, -0.1) is 0 Å². The predicted molar refractivity (Wildman–Crippen MR) is 107 cm³/mol. The minimum absolute atomic E-state index is 0.0684. The Morgan fingerprint density at radius 2 is 1.88 bits per heavy atom. The Bertz CT molecular complexity index is 871. The van der Waals surface area contributed by atoms with E-state index in [2.05, 4.69) is 35.0 Å². The van der Waals surface area contributed by atoms with Gasteiger partial charge in [0.15, 0.2) is 0 Å². The maximum absolute atomic E-state index is 12.1. The predicted octanol–water partition coefficient (Wildman–Crippen LogP) is 4.85. The highest BCUT2D eigenvalue weighted by Gasteiger charge is 2.10. The number of unbranched alkanes of at least 4 members (excludes halogenated alkanes) is 1. The normalized spacial score (nSPS) is 11.0. The van der Waals surface area contributed by atoms with Gasteiger partial charge in [0.05, 0.1) is 11.0 Å². The van der Waals surface area contributed by atoms with Gasteiger partial charge in [0.2, 0.25) is 0 Å². The van der Waals surface area contributed by atoms with Crippen molar-refractivity contribution in [2.45, 2.75) is 39.2 Å². The second-order valence-electron chi connectivity index (χ2n) is 6.39. The molecule has 1 aromatic heterocycles. The number of nitrogens with one attached hydrogen (secondary N) is 1. The van der Waals surface area contributed by atoms with Gasteiger partial charge in [0, 0.05) is 30.1 Å². The lowest BCUT2D eigenvalue weighted by molar-refractivity contribution is 0.0953. The highest BCUT2D eigenvalue weighted by atomic mass is 35.5. The summed E-state index contributed by atoms with van der Waals surface area (Å²) in [6.07, 6.45) is 4.00. The molecule has 0 fully saturated rings. The van der Waals surface area contributed by atoms with Gasteiger partial charge >= 0.3 is 0 Å². The van der Waals surface area contributed by atoms with Crippen LogP contribution in [0.5, 0.6) is 0 Å². The Kier molecular flexibility index (Phi) is 6.29. The molecular weight excluding hydrogens is 346 g/mol. The summed E-state index contributed by atoms with van der Waals surface area (Å²) in [5, 5.41) is 3.60. The van der Waals surface area contributed by atoms with E-state index in [4.69, 9.17) is 16.6 Å². The van der Waals surface area contributed by atoms with Gasteiger partial charge in [-0.25, -0.2) is 4.98 Å². The highest BCUT2D eigenvalue weighted by molar-refractivity contribution is 6.30. The van der Waals surface area contributed by atoms with Crippen LogP contribution >= 0.6 is 11.6 Å². The molecule has 1 heterocycles. The smallest absolute Gasteiger partial charge is 0.251 e. The number of amides is 1. The number of para-hydroxylation sites is 2. The molecule has 0 spiro atoms. The number of carbonyl (C=O) groups excluding carboxylic acids is 1. The fraction of sp³-hybridized carbons (Fsp3) is 0.333. The summed E-state index contributed by atoms with van der Waals surface area (Å²) < 4.78 is 2.32. The molecule has 0 bridgehead atoms. The fourth-order valence-electron chi connectivity index (χ4n) is 3.03. The molecule has 1 amide bonds. The minimum atomic E-state index is -0.0684. The first-order valence-electron chi connectivity index (χ1n) is 9.17. The molecule has 5 heteroatoms. The zero-order chi connectivity index (χ0) is 18.4. The van der Waals surface area contributed by atoms with Crippen LogP contribution in [0.3, 0.4) is 0 Å². The topological polar surface area (TPSA) is 46.9 Å². The first-order chi connectivity index (χ1) is 12.7. The number of rotatable bonds is 8. The lowest BCUT2D eigenvalue weighted by Gasteiger charge is -2.09. The molecule has 136 valence electrons. The molecule has 2 aromatic carbocycles. The Hall–Kier alpha value is -2.33. The number of fused-ring (bicyclic) bond motifs is 1. The number of halogens is 1. The van der Waals surface area contributed by atoms with Crippen LogP contribution in [0.2, 0.25) is 5.02 Å². The summed E-state index contributed by atoms with van der Waals surface area (Å²) in [5.74, 6) is 1.03. The van der Waals surface area contributed by atoms with E-state index >= 15 is 0 Å². The zero-order valence-electron chi connectivity index (χ0n) is 15.0. The molecule has 0 saturated heterocycles. The second-order valence-corrected chi connectivity index (χ2v) is 6.82. The molecule has 0 saturated carbocycles. The van der Waals surface area contributed by atoms with Crippen LogP contribution in [0.1, 0.15) is 42.4 Å². The first kappa shape index (κ1) is 18.5. The number of carbonyl (C=O) groups is 1. The standard InChI is InChI=1S/C21H24ClN3O/c1-2-3-15-25-19-8-5-4-7-18(19)24-20(25)9-6-14-23-21(26)16-10-12-17(22)13-11-16/h4-5,7-8,10-13H,2-3,6,9,14-15H2,1H3,(H,23,26). The van der Waals surface area contributed by atoms with E-state index in [9.17, 15) is 4.79 Å². The largest absolute Gasteiger partial charge is 0.352 e. The Morgan fingerprint density at radius 1 is 1.12 bits per heavy atom. The van der Waals surface area contributed by atoms with Crippen LogP contribution in [0.4, 0.5) is 0 Å². The summed E-state index contributed by atoms with van der Waals surface area (Å²) in [7, 11) is 0. The van der Waals surface area contributed by atoms with E-state index in [1.807, 2.05) is 6.07 Å². The van der Waals surface area contributed by atoms with Crippen molar-refractivity contribution in [3.63, 3.8) is 0 Å². The molecule has 3 aromatic rings. The van der Waals surface area contributed by atoms with Crippen LogP contribution in [-0.2, 0) is 13.0 Å². The van der Waals surface area contributed by atoms with Crippen molar-refractivity contribution in [2.24, 2.45) is 0 Å². The van der Waals surface area contributed by atoms with E-state index in [1.54, 1.807) is 24.3 Å². The van der Waals surface area contributed by atoms with Gasteiger partial charge < -0.3 is 9.88 Å². The molecule has 0 aliphatic heterocycles. The molecule has 3 rings (SSSR count). The maximum atomic E-state index is 12.1. The average molecular weight is 370 g/mol. The van der Waals surface area contributed by atoms with E-state index in [0.717, 1.165) is 43.6 Å². The average Bonchev–Trinajstić information content (AvgIpc) is 3.01. The third kappa shape index (κ3) is 4.44. The van der Waals surface area contributed by atoms with Crippen LogP contribution in [0.25, 0.3) is 11.0 Å². The van der Waals surface area contributed by atoms with Gasteiger partial charge in [-0.05, 0) is 49.2 Å². The van der Waals surface area contributed by atoms with Crippen molar-refractivity contribution in [2.75, 3.05) is 6.54 Å². The minimum Gasteiger partial charge on any atom is -0.352 e. The van der Waals surface area contributed by atoms with Crippen LogP contribution < -0.4 is 5.32 Å². The van der Waals surface area contributed by atoms with Crippen molar-refractivity contribution in [1.29, 1.82) is 0 Å². The van der Waals surface area contributed by atoms with Crippen molar-refractivity contribution < 1.29 is 4.79 Å².